The van der Waals surface area contributed by atoms with Gasteiger partial charge in [0.15, 0.2) is 41.9 Å². The molecule has 2 bridgehead atoms. The first-order valence-corrected chi connectivity index (χ1v) is 19.9. The van der Waals surface area contributed by atoms with Gasteiger partial charge in [0.05, 0.1) is 30.3 Å². The largest absolute Gasteiger partial charge is 0.509 e. The molecule has 1 aromatic carbocycles. The molecule has 2 aliphatic heterocycles. The Labute approximate surface area is 351 Å². The van der Waals surface area contributed by atoms with E-state index >= 15 is 4.79 Å². The molecule has 2 unspecified atom stereocenters. The van der Waals surface area contributed by atoms with E-state index in [1.54, 1.807) is 65.0 Å². The molecule has 4 fully saturated rings. The molecule has 1 spiro atoms. The lowest BCUT2D eigenvalue weighted by molar-refractivity contribution is -0.343. The number of aliphatic hydroxyl groups is 2. The summed E-state index contributed by atoms with van der Waals surface area (Å²) in [6.45, 7) is 13.0. The van der Waals surface area contributed by atoms with E-state index in [-0.39, 0.29) is 35.7 Å². The van der Waals surface area contributed by atoms with Gasteiger partial charge in [-0.1, -0.05) is 32.0 Å². The number of furan rings is 1. The molecule has 1 amide bonds. The normalized spacial score (nSPS) is 34.5. The molecular formula is C43H51NO17. The van der Waals surface area contributed by atoms with Crippen molar-refractivity contribution in [1.82, 2.24) is 5.32 Å². The maximum absolute atomic E-state index is 15.6. The molecule has 3 N–H and O–H groups in total. The summed E-state index contributed by atoms with van der Waals surface area (Å²) in [7, 11) is 0. The van der Waals surface area contributed by atoms with Gasteiger partial charge >= 0.3 is 30.2 Å². The minimum Gasteiger partial charge on any atom is -0.486 e. The topological polar surface area (TPSA) is 242 Å². The van der Waals surface area contributed by atoms with Gasteiger partial charge in [0.2, 0.25) is 5.60 Å². The number of ketones is 1. The summed E-state index contributed by atoms with van der Waals surface area (Å²) in [5.41, 5.74) is -8.39. The van der Waals surface area contributed by atoms with Crippen LogP contribution in [0.1, 0.15) is 80.5 Å². The average molecular weight is 854 g/mol. The van der Waals surface area contributed by atoms with E-state index in [9.17, 15) is 34.2 Å². The van der Waals surface area contributed by atoms with Crippen LogP contribution in [0.4, 0.5) is 9.59 Å². The predicted molar refractivity (Wildman–Crippen MR) is 205 cm³/mol. The number of alkyl carbamates (subject to hydrolysis) is 1. The number of esters is 3. The molecule has 330 valence electrons. The Kier molecular flexibility index (Phi) is 10.8. The van der Waals surface area contributed by atoms with Gasteiger partial charge in [-0.15, -0.1) is 0 Å². The minimum atomic E-state index is -2.19. The van der Waals surface area contributed by atoms with E-state index < -0.39 is 118 Å². The fourth-order valence-electron chi connectivity index (χ4n) is 10.2. The second-order valence-corrected chi connectivity index (χ2v) is 17.9. The van der Waals surface area contributed by atoms with Crippen LogP contribution < -0.4 is 10.1 Å². The Hall–Kier alpha value is -5.46. The number of amides is 1. The van der Waals surface area contributed by atoms with Crippen LogP contribution in [-0.2, 0) is 52.3 Å². The van der Waals surface area contributed by atoms with Crippen molar-refractivity contribution in [3.63, 3.8) is 0 Å². The average Bonchev–Trinajstić information content (AvgIpc) is 3.83. The van der Waals surface area contributed by atoms with Crippen molar-refractivity contribution in [2.45, 2.75) is 134 Å². The zero-order valence-corrected chi connectivity index (χ0v) is 35.2. The first-order chi connectivity index (χ1) is 28.5. The van der Waals surface area contributed by atoms with E-state index in [1.807, 2.05) is 0 Å². The molecule has 18 heteroatoms. The number of para-hydroxylation sites is 1. The maximum Gasteiger partial charge on any atom is 0.509 e. The number of aliphatic hydroxyl groups excluding tert-OH is 2. The summed E-state index contributed by atoms with van der Waals surface area (Å²) >= 11 is 0. The fraction of sp³-hybridized carbons (Fsp3) is 0.581. The number of nitrogens with one attached hydrogen (secondary N) is 1. The number of carbonyl (C=O) groups excluding carboxylic acids is 6. The molecule has 61 heavy (non-hydrogen) atoms. The van der Waals surface area contributed by atoms with Gasteiger partial charge in [0.1, 0.15) is 29.3 Å². The monoisotopic (exact) mass is 853 g/mol. The summed E-state index contributed by atoms with van der Waals surface area (Å²) in [5.74, 6) is -5.11. The SMILES string of the molecule is CC(=O)O[C@H]1C(=O)[C@@]2(C)C([C@H](Oc3ccccc3)[C@]34OC(=O)O[C@H]3[C@H](OC(=O)[C@H](O)[C@@H](NC(=O)OC(C)(C)C)c3ccco3)C(C)=C1C4(C)C)[C@]1(OC(C)=O)COC1C[C@@H]2O. The number of fused-ring (bicyclic) bond motifs is 4. The molecule has 2 aromatic rings. The Morgan fingerprint density at radius 2 is 1.66 bits per heavy atom. The fourth-order valence-corrected chi connectivity index (χ4v) is 10.2. The Morgan fingerprint density at radius 3 is 2.23 bits per heavy atom. The number of carbonyl (C=O) groups is 6. The van der Waals surface area contributed by atoms with Crippen LogP contribution in [0.15, 0.2) is 64.3 Å². The highest BCUT2D eigenvalue weighted by Crippen LogP contribution is 2.66. The molecule has 3 heterocycles. The smallest absolute Gasteiger partial charge is 0.486 e. The van der Waals surface area contributed by atoms with Gasteiger partial charge in [-0.05, 0) is 70.0 Å². The number of hydrogen-bond donors (Lipinski definition) is 3. The van der Waals surface area contributed by atoms with E-state index in [2.05, 4.69) is 5.32 Å². The predicted octanol–water partition coefficient (Wildman–Crippen LogP) is 3.80. The van der Waals surface area contributed by atoms with Crippen LogP contribution in [0.2, 0.25) is 0 Å². The van der Waals surface area contributed by atoms with Crippen LogP contribution in [0.3, 0.4) is 0 Å². The summed E-state index contributed by atoms with van der Waals surface area (Å²) in [6, 6.07) is 9.59. The first kappa shape index (κ1) is 43.6. The third kappa shape index (κ3) is 6.92. The number of rotatable bonds is 9. The lowest BCUT2D eigenvalue weighted by Gasteiger charge is -2.67. The van der Waals surface area contributed by atoms with E-state index in [0.29, 0.717) is 0 Å². The van der Waals surface area contributed by atoms with Gasteiger partial charge in [-0.3, -0.25) is 14.4 Å². The zero-order chi connectivity index (χ0) is 44.6. The molecule has 5 aliphatic rings. The van der Waals surface area contributed by atoms with Crippen LogP contribution in [-0.4, -0.2) is 112 Å². The molecule has 2 saturated heterocycles. The highest BCUT2D eigenvalue weighted by atomic mass is 16.8. The summed E-state index contributed by atoms with van der Waals surface area (Å²) in [5, 5.41) is 26.3. The van der Waals surface area contributed by atoms with Crippen molar-refractivity contribution < 1.29 is 81.3 Å². The molecule has 7 rings (SSSR count). The van der Waals surface area contributed by atoms with Crippen molar-refractivity contribution in [3.05, 3.63) is 65.6 Å². The van der Waals surface area contributed by atoms with Crippen molar-refractivity contribution in [2.75, 3.05) is 6.61 Å². The van der Waals surface area contributed by atoms with Crippen molar-refractivity contribution in [2.24, 2.45) is 16.7 Å². The van der Waals surface area contributed by atoms with Gasteiger partial charge in [-0.2, -0.15) is 0 Å². The van der Waals surface area contributed by atoms with Gasteiger partial charge in [0, 0.05) is 25.7 Å². The third-order valence-electron chi connectivity index (χ3n) is 12.7. The Balaban J connectivity index is 1.45. The molecule has 0 radical (unpaired) electrons. The van der Waals surface area contributed by atoms with Crippen molar-refractivity contribution in [3.8, 4) is 5.75 Å². The van der Waals surface area contributed by atoms with Crippen LogP contribution in [0.25, 0.3) is 0 Å². The first-order valence-electron chi connectivity index (χ1n) is 19.9. The summed E-state index contributed by atoms with van der Waals surface area (Å²) < 4.78 is 54.3. The number of benzene rings is 1. The molecule has 3 aliphatic carbocycles. The second-order valence-electron chi connectivity index (χ2n) is 17.9. The minimum absolute atomic E-state index is 0.0195. The number of ether oxygens (including phenoxy) is 8. The molecule has 12 atom stereocenters. The van der Waals surface area contributed by atoms with Crippen molar-refractivity contribution >= 4 is 35.9 Å². The van der Waals surface area contributed by atoms with E-state index in [1.165, 1.54) is 39.2 Å². The molecular weight excluding hydrogens is 802 g/mol. The van der Waals surface area contributed by atoms with Crippen molar-refractivity contribution in [1.29, 1.82) is 0 Å². The number of hydrogen-bond acceptors (Lipinski definition) is 17. The summed E-state index contributed by atoms with van der Waals surface area (Å²) in [4.78, 5) is 83.0. The van der Waals surface area contributed by atoms with Gasteiger partial charge < -0.3 is 57.8 Å². The Morgan fingerprint density at radius 1 is 0.967 bits per heavy atom. The Bertz CT molecular complexity index is 2130. The van der Waals surface area contributed by atoms with Crippen LogP contribution in [0, 0.1) is 16.7 Å². The zero-order valence-electron chi connectivity index (χ0n) is 35.2. The summed E-state index contributed by atoms with van der Waals surface area (Å²) in [6.07, 6.45) is -12.7. The molecule has 1 aromatic heterocycles. The van der Waals surface area contributed by atoms with E-state index in [4.69, 9.17) is 42.3 Å². The third-order valence-corrected chi connectivity index (χ3v) is 12.7. The van der Waals surface area contributed by atoms with Gasteiger partial charge in [-0.25, -0.2) is 14.4 Å². The van der Waals surface area contributed by atoms with Crippen LogP contribution >= 0.6 is 0 Å². The number of Topliss-reactive ketones (excluding diaryl/α,β-unsaturated/α-hetero) is 1. The highest BCUT2D eigenvalue weighted by Gasteiger charge is 2.83. The molecule has 2 saturated carbocycles. The second kappa shape index (κ2) is 15.2. The maximum atomic E-state index is 15.6. The standard InChI is InChI=1S/C43H51NO17/c1-20-27-31(55-21(2)45)33(49)41(9)25(47)18-26-42(19-54-26,59-22(3)46)32(41)35(56-23-14-11-10-12-15-23)43(40(27,7)8)34(58-38(52)61-43)30(20)57-36(50)29(48)28(24-16-13-17-53-24)44-37(51)60-39(4,5)6/h10-17,25-26,28-32,34-35,47-48H,18-19H2,1-9H3,(H,44,51)/t25-,26?,28-,29+,30+,31+,32?,34-,35-,41+,42-,43+/m0/s1. The van der Waals surface area contributed by atoms with E-state index in [0.717, 1.165) is 6.92 Å². The highest BCUT2D eigenvalue weighted by molar-refractivity contribution is 5.95. The lowest BCUT2D eigenvalue weighted by atomic mass is 9.44. The van der Waals surface area contributed by atoms with Gasteiger partial charge in [0.25, 0.3) is 0 Å². The lowest BCUT2D eigenvalue weighted by Crippen LogP contribution is -2.83. The quantitative estimate of drug-likeness (QED) is 0.185. The van der Waals surface area contributed by atoms with Crippen LogP contribution in [0.5, 0.6) is 5.75 Å². The molecule has 18 nitrogen and oxygen atoms in total.